The van der Waals surface area contributed by atoms with Crippen molar-refractivity contribution in [3.05, 3.63) is 35.4 Å². The number of carbonyl (C=O) groups is 1. The van der Waals surface area contributed by atoms with Crippen LogP contribution >= 0.6 is 0 Å². The second-order valence-corrected chi connectivity index (χ2v) is 5.03. The third-order valence-electron chi connectivity index (χ3n) is 3.85. The molecule has 0 radical (unpaired) electrons. The zero-order chi connectivity index (χ0) is 12.3. The number of hydrogen-bond donors (Lipinski definition) is 1. The van der Waals surface area contributed by atoms with E-state index in [1.807, 2.05) is 0 Å². The van der Waals surface area contributed by atoms with Crippen LogP contribution in [0.4, 0.5) is 8.78 Å². The van der Waals surface area contributed by atoms with Gasteiger partial charge in [0.1, 0.15) is 0 Å². The molecule has 0 aliphatic heterocycles. The van der Waals surface area contributed by atoms with Crippen molar-refractivity contribution in [2.75, 3.05) is 0 Å². The third kappa shape index (κ3) is 1.54. The molecular formula is C13H12F2O2. The fraction of sp³-hybridized carbons (Fsp3) is 0.462. The maximum Gasteiger partial charge on any atom is 0.314 e. The summed E-state index contributed by atoms with van der Waals surface area (Å²) in [5.74, 6) is -4.05. The fourth-order valence-electron chi connectivity index (χ4n) is 2.36. The zero-order valence-electron chi connectivity index (χ0n) is 9.12. The monoisotopic (exact) mass is 238 g/mol. The quantitative estimate of drug-likeness (QED) is 0.879. The summed E-state index contributed by atoms with van der Waals surface area (Å²) < 4.78 is 25.7. The molecule has 2 saturated carbocycles. The van der Waals surface area contributed by atoms with Crippen molar-refractivity contribution in [3.63, 3.8) is 0 Å². The minimum Gasteiger partial charge on any atom is -0.481 e. The molecule has 1 aromatic rings. The van der Waals surface area contributed by atoms with Gasteiger partial charge in [-0.2, -0.15) is 0 Å². The van der Waals surface area contributed by atoms with Crippen LogP contribution in [0, 0.1) is 0 Å². The molecule has 4 heteroatoms. The molecule has 3 rings (SSSR count). The molecule has 0 heterocycles. The van der Waals surface area contributed by atoms with Crippen molar-refractivity contribution in [1.82, 2.24) is 0 Å². The zero-order valence-corrected chi connectivity index (χ0v) is 9.12. The molecule has 0 amide bonds. The molecule has 1 atom stereocenters. The van der Waals surface area contributed by atoms with E-state index in [2.05, 4.69) is 0 Å². The molecule has 1 N–H and O–H groups in total. The van der Waals surface area contributed by atoms with Crippen LogP contribution in [-0.2, 0) is 10.2 Å². The summed E-state index contributed by atoms with van der Waals surface area (Å²) in [6, 6.07) is 6.66. The number of hydrogen-bond acceptors (Lipinski definition) is 1. The highest BCUT2D eigenvalue weighted by atomic mass is 19.3. The van der Waals surface area contributed by atoms with E-state index in [4.69, 9.17) is 5.11 Å². The second-order valence-electron chi connectivity index (χ2n) is 5.03. The van der Waals surface area contributed by atoms with Gasteiger partial charge in [-0.05, 0) is 24.0 Å². The Morgan fingerprint density at radius 1 is 1.24 bits per heavy atom. The number of benzene rings is 1. The highest BCUT2D eigenvalue weighted by molar-refractivity contribution is 5.84. The topological polar surface area (TPSA) is 37.3 Å². The first-order valence-corrected chi connectivity index (χ1v) is 5.67. The van der Waals surface area contributed by atoms with Gasteiger partial charge in [0.25, 0.3) is 5.92 Å². The van der Waals surface area contributed by atoms with Gasteiger partial charge in [0.05, 0.1) is 11.3 Å². The first-order chi connectivity index (χ1) is 7.96. The van der Waals surface area contributed by atoms with Crippen molar-refractivity contribution in [2.24, 2.45) is 0 Å². The fourth-order valence-corrected chi connectivity index (χ4v) is 2.36. The van der Waals surface area contributed by atoms with Gasteiger partial charge in [-0.1, -0.05) is 24.3 Å². The molecule has 2 aliphatic carbocycles. The Morgan fingerprint density at radius 3 is 2.12 bits per heavy atom. The van der Waals surface area contributed by atoms with Crippen molar-refractivity contribution in [1.29, 1.82) is 0 Å². The molecule has 90 valence electrons. The molecule has 0 saturated heterocycles. The van der Waals surface area contributed by atoms with Crippen LogP contribution in [0.5, 0.6) is 0 Å². The Balaban J connectivity index is 1.84. The van der Waals surface area contributed by atoms with E-state index in [1.54, 1.807) is 24.3 Å². The Kier molecular flexibility index (Phi) is 1.92. The number of carboxylic acids is 1. The number of carboxylic acid groups (broad SMARTS) is 1. The Hall–Kier alpha value is -1.45. The predicted octanol–water partition coefficient (Wildman–Crippen LogP) is 2.93. The van der Waals surface area contributed by atoms with E-state index in [0.717, 1.165) is 5.56 Å². The van der Waals surface area contributed by atoms with Gasteiger partial charge in [0.15, 0.2) is 0 Å². The van der Waals surface area contributed by atoms with Crippen LogP contribution < -0.4 is 0 Å². The van der Waals surface area contributed by atoms with Crippen LogP contribution in [0.1, 0.15) is 36.3 Å². The first-order valence-electron chi connectivity index (χ1n) is 5.67. The maximum absolute atomic E-state index is 12.9. The lowest BCUT2D eigenvalue weighted by atomic mass is 9.94. The summed E-state index contributed by atoms with van der Waals surface area (Å²) in [4.78, 5) is 11.1. The Bertz CT molecular complexity index is 475. The van der Waals surface area contributed by atoms with Crippen LogP contribution in [0.2, 0.25) is 0 Å². The van der Waals surface area contributed by atoms with Crippen LogP contribution in [0.15, 0.2) is 24.3 Å². The molecule has 0 bridgehead atoms. The summed E-state index contributed by atoms with van der Waals surface area (Å²) in [5.41, 5.74) is 0.600. The lowest BCUT2D eigenvalue weighted by molar-refractivity contribution is -0.140. The van der Waals surface area contributed by atoms with Gasteiger partial charge >= 0.3 is 5.97 Å². The summed E-state index contributed by atoms with van der Waals surface area (Å²) in [6.45, 7) is 0. The molecule has 2 aliphatic rings. The van der Waals surface area contributed by atoms with Crippen LogP contribution in [0.3, 0.4) is 0 Å². The van der Waals surface area contributed by atoms with Crippen LogP contribution in [-0.4, -0.2) is 17.0 Å². The molecule has 17 heavy (non-hydrogen) atoms. The van der Waals surface area contributed by atoms with Crippen molar-refractivity contribution >= 4 is 5.97 Å². The summed E-state index contributed by atoms with van der Waals surface area (Å²) in [6.07, 6.45) is 1.19. The lowest BCUT2D eigenvalue weighted by Crippen LogP contribution is -2.19. The maximum atomic E-state index is 12.9. The summed E-state index contributed by atoms with van der Waals surface area (Å²) in [7, 11) is 0. The normalized spacial score (nSPS) is 27.5. The molecule has 1 aromatic carbocycles. The average molecular weight is 238 g/mol. The number of aliphatic carboxylic acids is 1. The van der Waals surface area contributed by atoms with Gasteiger partial charge in [0, 0.05) is 6.42 Å². The average Bonchev–Trinajstić information content (AvgIpc) is 3.15. The van der Waals surface area contributed by atoms with Gasteiger partial charge in [0.2, 0.25) is 0 Å². The SMILES string of the molecule is O=C(O)C1(c2ccc(C3CC3(F)F)cc2)CC1. The predicted molar refractivity (Wildman–Crippen MR) is 57.3 cm³/mol. The molecule has 0 spiro atoms. The molecule has 2 nitrogen and oxygen atoms in total. The molecular weight excluding hydrogens is 226 g/mol. The van der Waals surface area contributed by atoms with E-state index >= 15 is 0 Å². The number of alkyl halides is 2. The minimum atomic E-state index is -2.56. The van der Waals surface area contributed by atoms with Gasteiger partial charge in [-0.3, -0.25) is 4.79 Å². The number of halogens is 2. The Morgan fingerprint density at radius 2 is 1.76 bits per heavy atom. The standard InChI is InChI=1S/C13H12F2O2/c14-13(15)7-10(13)8-1-3-9(4-2-8)12(5-6-12)11(16)17/h1-4,10H,5-7H2,(H,16,17). The second kappa shape index (κ2) is 3.06. The highest BCUT2D eigenvalue weighted by Gasteiger charge is 2.57. The van der Waals surface area contributed by atoms with Crippen molar-refractivity contribution in [2.45, 2.75) is 36.5 Å². The van der Waals surface area contributed by atoms with E-state index in [0.29, 0.717) is 18.4 Å². The Labute approximate surface area is 97.3 Å². The van der Waals surface area contributed by atoms with E-state index in [-0.39, 0.29) is 6.42 Å². The molecule has 1 unspecified atom stereocenters. The van der Waals surface area contributed by atoms with E-state index in [1.165, 1.54) is 0 Å². The van der Waals surface area contributed by atoms with E-state index < -0.39 is 23.2 Å². The minimum absolute atomic E-state index is 0.0869. The van der Waals surface area contributed by atoms with Gasteiger partial charge < -0.3 is 5.11 Å². The van der Waals surface area contributed by atoms with Crippen molar-refractivity contribution in [3.8, 4) is 0 Å². The van der Waals surface area contributed by atoms with E-state index in [9.17, 15) is 13.6 Å². The van der Waals surface area contributed by atoms with Gasteiger partial charge in [-0.15, -0.1) is 0 Å². The third-order valence-corrected chi connectivity index (χ3v) is 3.85. The highest BCUT2D eigenvalue weighted by Crippen LogP contribution is 2.56. The largest absolute Gasteiger partial charge is 0.481 e. The molecule has 0 aromatic heterocycles. The first kappa shape index (κ1) is 10.7. The summed E-state index contributed by atoms with van der Waals surface area (Å²) >= 11 is 0. The molecule has 2 fully saturated rings. The summed E-state index contributed by atoms with van der Waals surface area (Å²) in [5, 5.41) is 9.11. The van der Waals surface area contributed by atoms with Gasteiger partial charge in [-0.25, -0.2) is 8.78 Å². The lowest BCUT2D eigenvalue weighted by Gasteiger charge is -2.10. The number of rotatable bonds is 3. The van der Waals surface area contributed by atoms with Crippen LogP contribution in [0.25, 0.3) is 0 Å². The smallest absolute Gasteiger partial charge is 0.314 e. The van der Waals surface area contributed by atoms with Crippen molar-refractivity contribution < 1.29 is 18.7 Å².